The number of hydrogen-bond donors (Lipinski definition) is 1. The first-order chi connectivity index (χ1) is 8.22. The molecule has 0 amide bonds. The van der Waals surface area contributed by atoms with Crippen molar-refractivity contribution in [1.82, 2.24) is 10.2 Å². The van der Waals surface area contributed by atoms with E-state index in [9.17, 15) is 4.79 Å². The lowest BCUT2D eigenvalue weighted by atomic mass is 9.97. The first kappa shape index (κ1) is 10.3. The monoisotopic (exact) mass is 226 g/mol. The highest BCUT2D eigenvalue weighted by Crippen LogP contribution is 2.48. The molecule has 2 aromatic rings. The van der Waals surface area contributed by atoms with Gasteiger partial charge in [0.15, 0.2) is 0 Å². The zero-order valence-corrected chi connectivity index (χ0v) is 9.73. The van der Waals surface area contributed by atoms with Gasteiger partial charge < -0.3 is 0 Å². The van der Waals surface area contributed by atoms with Crippen LogP contribution in [0.2, 0.25) is 0 Å². The molecule has 1 heterocycles. The van der Waals surface area contributed by atoms with Gasteiger partial charge in [-0.2, -0.15) is 5.10 Å². The summed E-state index contributed by atoms with van der Waals surface area (Å²) in [6.45, 7) is 1.66. The highest BCUT2D eigenvalue weighted by molar-refractivity contribution is 5.90. The second kappa shape index (κ2) is 3.55. The third-order valence-electron chi connectivity index (χ3n) is 3.59. The Morgan fingerprint density at radius 2 is 2.00 bits per heavy atom. The first-order valence-electron chi connectivity index (χ1n) is 5.85. The predicted octanol–water partition coefficient (Wildman–Crippen LogP) is 2.70. The molecule has 3 heteroatoms. The third kappa shape index (κ3) is 1.58. The molecule has 86 valence electrons. The van der Waals surface area contributed by atoms with Crippen molar-refractivity contribution in [3.05, 3.63) is 42.1 Å². The number of rotatable bonds is 3. The van der Waals surface area contributed by atoms with Gasteiger partial charge in [0.05, 0.1) is 11.1 Å². The van der Waals surface area contributed by atoms with Crippen LogP contribution in [0.1, 0.15) is 25.5 Å². The van der Waals surface area contributed by atoms with Gasteiger partial charge in [-0.3, -0.25) is 9.89 Å². The van der Waals surface area contributed by atoms with Crippen molar-refractivity contribution < 1.29 is 4.79 Å². The van der Waals surface area contributed by atoms with Crippen molar-refractivity contribution in [2.75, 3.05) is 0 Å². The van der Waals surface area contributed by atoms with E-state index in [1.807, 2.05) is 36.4 Å². The average Bonchev–Trinajstić information content (AvgIpc) is 3.02. The van der Waals surface area contributed by atoms with Gasteiger partial charge in [-0.15, -0.1) is 0 Å². The van der Waals surface area contributed by atoms with E-state index in [-0.39, 0.29) is 11.2 Å². The van der Waals surface area contributed by atoms with Gasteiger partial charge in [0.2, 0.25) is 0 Å². The molecule has 0 atom stereocenters. The van der Waals surface area contributed by atoms with Crippen LogP contribution in [0.5, 0.6) is 0 Å². The number of H-pyrrole nitrogens is 1. The van der Waals surface area contributed by atoms with Crippen LogP contribution in [0.3, 0.4) is 0 Å². The summed E-state index contributed by atoms with van der Waals surface area (Å²) in [4.78, 5) is 11.6. The van der Waals surface area contributed by atoms with Gasteiger partial charge >= 0.3 is 0 Å². The van der Waals surface area contributed by atoms with E-state index in [0.29, 0.717) is 0 Å². The minimum Gasteiger partial charge on any atom is -0.299 e. The van der Waals surface area contributed by atoms with Crippen LogP contribution in [0.25, 0.3) is 11.3 Å². The van der Waals surface area contributed by atoms with Crippen molar-refractivity contribution in [2.24, 2.45) is 0 Å². The maximum absolute atomic E-state index is 11.6. The quantitative estimate of drug-likeness (QED) is 0.874. The summed E-state index contributed by atoms with van der Waals surface area (Å²) in [5.74, 6) is 0.237. The lowest BCUT2D eigenvalue weighted by Crippen LogP contribution is -2.17. The maximum atomic E-state index is 11.6. The lowest BCUT2D eigenvalue weighted by molar-refractivity contribution is -0.119. The Labute approximate surface area is 99.9 Å². The number of aromatic nitrogens is 2. The van der Waals surface area contributed by atoms with Crippen LogP contribution in [0.15, 0.2) is 36.4 Å². The molecule has 3 nitrogen and oxygen atoms in total. The minimum atomic E-state index is -0.264. The van der Waals surface area contributed by atoms with Crippen molar-refractivity contribution in [1.29, 1.82) is 0 Å². The number of benzene rings is 1. The largest absolute Gasteiger partial charge is 0.299 e. The number of ketones is 1. The molecule has 0 aliphatic heterocycles. The summed E-state index contributed by atoms with van der Waals surface area (Å²) in [5.41, 5.74) is 2.69. The molecule has 1 fully saturated rings. The van der Waals surface area contributed by atoms with Crippen molar-refractivity contribution in [3.63, 3.8) is 0 Å². The SMILES string of the molecule is CC(=O)C1(c2cc(-c3ccccc3)n[nH]2)CC1. The number of carbonyl (C=O) groups excluding carboxylic acids is 1. The molecular weight excluding hydrogens is 212 g/mol. The maximum Gasteiger partial charge on any atom is 0.141 e. The summed E-state index contributed by atoms with van der Waals surface area (Å²) >= 11 is 0. The van der Waals surface area contributed by atoms with E-state index >= 15 is 0 Å². The molecule has 1 aliphatic carbocycles. The van der Waals surface area contributed by atoms with E-state index in [4.69, 9.17) is 0 Å². The number of hydrogen-bond acceptors (Lipinski definition) is 2. The van der Waals surface area contributed by atoms with Gasteiger partial charge in [0, 0.05) is 11.3 Å². The first-order valence-corrected chi connectivity index (χ1v) is 5.85. The molecule has 1 aliphatic rings. The zero-order valence-electron chi connectivity index (χ0n) is 9.73. The smallest absolute Gasteiger partial charge is 0.141 e. The number of nitrogens with zero attached hydrogens (tertiary/aromatic N) is 1. The van der Waals surface area contributed by atoms with Gasteiger partial charge in [0.1, 0.15) is 5.78 Å². The van der Waals surface area contributed by atoms with Crippen molar-refractivity contribution in [3.8, 4) is 11.3 Å². The fraction of sp³-hybridized carbons (Fsp3) is 0.286. The molecule has 0 bridgehead atoms. The normalized spacial score (nSPS) is 16.8. The topological polar surface area (TPSA) is 45.8 Å². The Morgan fingerprint density at radius 1 is 1.29 bits per heavy atom. The van der Waals surface area contributed by atoms with Crippen LogP contribution in [0.4, 0.5) is 0 Å². The second-order valence-corrected chi connectivity index (χ2v) is 4.67. The molecular formula is C14H14N2O. The van der Waals surface area contributed by atoms with Crippen LogP contribution >= 0.6 is 0 Å². The van der Waals surface area contributed by atoms with Crippen molar-refractivity contribution >= 4 is 5.78 Å². The van der Waals surface area contributed by atoms with E-state index < -0.39 is 0 Å². The van der Waals surface area contributed by atoms with Gasteiger partial charge in [0.25, 0.3) is 0 Å². The van der Waals surface area contributed by atoms with Crippen LogP contribution in [-0.4, -0.2) is 16.0 Å². The third-order valence-corrected chi connectivity index (χ3v) is 3.59. The zero-order chi connectivity index (χ0) is 11.9. The molecule has 0 spiro atoms. The highest BCUT2D eigenvalue weighted by Gasteiger charge is 2.50. The number of nitrogens with one attached hydrogen (secondary N) is 1. The highest BCUT2D eigenvalue weighted by atomic mass is 16.1. The molecule has 3 rings (SSSR count). The number of aromatic amines is 1. The Kier molecular flexibility index (Phi) is 2.15. The second-order valence-electron chi connectivity index (χ2n) is 4.67. The molecule has 0 radical (unpaired) electrons. The van der Waals surface area contributed by atoms with Crippen LogP contribution < -0.4 is 0 Å². The van der Waals surface area contributed by atoms with Crippen molar-refractivity contribution in [2.45, 2.75) is 25.2 Å². The number of carbonyl (C=O) groups is 1. The molecule has 1 N–H and O–H groups in total. The summed E-state index contributed by atoms with van der Waals surface area (Å²) in [7, 11) is 0. The molecule has 0 saturated heterocycles. The Balaban J connectivity index is 1.97. The molecule has 1 saturated carbocycles. The molecule has 1 aromatic heterocycles. The van der Waals surface area contributed by atoms with Gasteiger partial charge in [-0.25, -0.2) is 0 Å². The van der Waals surface area contributed by atoms with Crippen LogP contribution in [-0.2, 0) is 10.2 Å². The van der Waals surface area contributed by atoms with E-state index in [2.05, 4.69) is 10.2 Å². The van der Waals surface area contributed by atoms with Gasteiger partial charge in [-0.05, 0) is 25.8 Å². The fourth-order valence-corrected chi connectivity index (χ4v) is 2.26. The van der Waals surface area contributed by atoms with E-state index in [1.54, 1.807) is 6.92 Å². The Morgan fingerprint density at radius 3 is 2.59 bits per heavy atom. The molecule has 17 heavy (non-hydrogen) atoms. The van der Waals surface area contributed by atoms with E-state index in [0.717, 1.165) is 29.8 Å². The summed E-state index contributed by atoms with van der Waals surface area (Å²) < 4.78 is 0. The summed E-state index contributed by atoms with van der Waals surface area (Å²) in [6.07, 6.45) is 1.89. The lowest BCUT2D eigenvalue weighted by Gasteiger charge is -2.06. The summed E-state index contributed by atoms with van der Waals surface area (Å²) in [5, 5.41) is 7.32. The Hall–Kier alpha value is -1.90. The minimum absolute atomic E-state index is 0.237. The Bertz CT molecular complexity index is 553. The molecule has 0 unspecified atom stereocenters. The summed E-state index contributed by atoms with van der Waals surface area (Å²) in [6, 6.07) is 12.0. The van der Waals surface area contributed by atoms with Crippen LogP contribution in [0, 0.1) is 0 Å². The standard InChI is InChI=1S/C14H14N2O/c1-10(17)14(7-8-14)13-9-12(15-16-13)11-5-3-2-4-6-11/h2-6,9H,7-8H2,1H3,(H,15,16). The number of Topliss-reactive ketones (excluding diaryl/α,β-unsaturated/α-hetero) is 1. The van der Waals surface area contributed by atoms with E-state index in [1.165, 1.54) is 0 Å². The van der Waals surface area contributed by atoms with Gasteiger partial charge in [-0.1, -0.05) is 30.3 Å². The predicted molar refractivity (Wildman–Crippen MR) is 65.6 cm³/mol. The molecule has 1 aromatic carbocycles. The average molecular weight is 226 g/mol. The fourth-order valence-electron chi connectivity index (χ4n) is 2.26.